The zero-order chi connectivity index (χ0) is 15.1. The van der Waals surface area contributed by atoms with Crippen LogP contribution in [0.3, 0.4) is 0 Å². The van der Waals surface area contributed by atoms with E-state index in [1.807, 2.05) is 18.2 Å². The summed E-state index contributed by atoms with van der Waals surface area (Å²) in [6.07, 6.45) is 1.84. The van der Waals surface area contributed by atoms with E-state index in [1.54, 1.807) is 11.8 Å². The lowest BCUT2D eigenvalue weighted by Gasteiger charge is -2.33. The van der Waals surface area contributed by atoms with Gasteiger partial charge in [-0.1, -0.05) is 18.2 Å². The smallest absolute Gasteiger partial charge is 0.222 e. The Morgan fingerprint density at radius 3 is 2.90 bits per heavy atom. The average molecular weight is 323 g/mol. The van der Waals surface area contributed by atoms with Gasteiger partial charge in [0.15, 0.2) is 5.11 Å². The maximum Gasteiger partial charge on any atom is 0.222 e. The topological polar surface area (TPSA) is 58.4 Å². The number of likely N-dealkylation sites (tertiary alicyclic amines) is 1. The van der Waals surface area contributed by atoms with Crippen molar-refractivity contribution in [1.29, 1.82) is 0 Å². The summed E-state index contributed by atoms with van der Waals surface area (Å²) in [6, 6.07) is 10.3. The van der Waals surface area contributed by atoms with Crippen molar-refractivity contribution in [3.05, 3.63) is 30.3 Å². The van der Waals surface area contributed by atoms with Crippen LogP contribution in [0.25, 0.3) is 0 Å². The summed E-state index contributed by atoms with van der Waals surface area (Å²) in [5, 5.41) is 4.00. The van der Waals surface area contributed by atoms with Gasteiger partial charge in [0.25, 0.3) is 0 Å². The van der Waals surface area contributed by atoms with Gasteiger partial charge in [-0.25, -0.2) is 0 Å². The lowest BCUT2D eigenvalue weighted by molar-refractivity contribution is -0.122. The van der Waals surface area contributed by atoms with E-state index in [1.165, 1.54) is 4.90 Å². The highest BCUT2D eigenvalue weighted by Crippen LogP contribution is 2.17. The Hall–Kier alpha value is -1.27. The number of carbonyl (C=O) groups excluding carboxylic acids is 1. The zero-order valence-electron chi connectivity index (χ0n) is 12.0. The van der Waals surface area contributed by atoms with Crippen LogP contribution in [0.2, 0.25) is 0 Å². The monoisotopic (exact) mass is 323 g/mol. The molecule has 1 saturated heterocycles. The fourth-order valence-electron chi connectivity index (χ4n) is 2.35. The second kappa shape index (κ2) is 8.24. The van der Waals surface area contributed by atoms with Crippen LogP contribution in [-0.4, -0.2) is 41.3 Å². The molecule has 3 N–H and O–H groups in total. The Morgan fingerprint density at radius 1 is 1.43 bits per heavy atom. The van der Waals surface area contributed by atoms with E-state index in [0.29, 0.717) is 6.54 Å². The minimum absolute atomic E-state index is 0.0720. The van der Waals surface area contributed by atoms with Crippen molar-refractivity contribution >= 4 is 35.0 Å². The zero-order valence-corrected chi connectivity index (χ0v) is 13.6. The molecule has 0 bridgehead atoms. The van der Waals surface area contributed by atoms with Crippen LogP contribution >= 0.6 is 24.0 Å². The molecule has 0 saturated carbocycles. The molecule has 1 fully saturated rings. The molecule has 6 heteroatoms. The number of nitrogens with one attached hydrogen (secondary N) is 1. The number of nitrogens with two attached hydrogens (primary N) is 1. The van der Waals surface area contributed by atoms with Crippen LogP contribution in [0.1, 0.15) is 12.8 Å². The van der Waals surface area contributed by atoms with Gasteiger partial charge >= 0.3 is 0 Å². The summed E-state index contributed by atoms with van der Waals surface area (Å²) >= 11 is 7.20. The van der Waals surface area contributed by atoms with E-state index in [0.717, 1.165) is 36.8 Å². The number of piperidine rings is 1. The van der Waals surface area contributed by atoms with Gasteiger partial charge < -0.3 is 16.0 Å². The van der Waals surface area contributed by atoms with Gasteiger partial charge in [-0.3, -0.25) is 4.79 Å². The highest BCUT2D eigenvalue weighted by atomic mass is 32.2. The van der Waals surface area contributed by atoms with Gasteiger partial charge in [0.2, 0.25) is 5.91 Å². The Morgan fingerprint density at radius 2 is 2.19 bits per heavy atom. The van der Waals surface area contributed by atoms with Gasteiger partial charge in [0, 0.05) is 30.3 Å². The average Bonchev–Trinajstić information content (AvgIpc) is 2.52. The molecule has 0 radical (unpaired) electrons. The number of thioether (sulfide) groups is 1. The third kappa shape index (κ3) is 5.21. The summed E-state index contributed by atoms with van der Waals surface area (Å²) in [6.45, 7) is 2.37. The van der Waals surface area contributed by atoms with E-state index in [9.17, 15) is 4.79 Å². The van der Waals surface area contributed by atoms with Gasteiger partial charge in [0.1, 0.15) is 0 Å². The normalized spacial score (nSPS) is 18.3. The summed E-state index contributed by atoms with van der Waals surface area (Å²) in [5.74, 6) is 0.663. The predicted octanol–water partition coefficient (Wildman–Crippen LogP) is 1.85. The SMILES string of the molecule is NC(=O)[C@@H]1CCCN(C(=S)NCCSc2ccccc2)C1. The van der Waals surface area contributed by atoms with Crippen LogP contribution in [0.15, 0.2) is 35.2 Å². The molecule has 1 aliphatic heterocycles. The molecule has 0 spiro atoms. The molecular weight excluding hydrogens is 302 g/mol. The molecule has 0 unspecified atom stereocenters. The molecule has 1 aliphatic rings. The fourth-order valence-corrected chi connectivity index (χ4v) is 3.41. The molecular formula is C15H21N3OS2. The van der Waals surface area contributed by atoms with Crippen LogP contribution < -0.4 is 11.1 Å². The Kier molecular flexibility index (Phi) is 6.32. The second-order valence-corrected chi connectivity index (χ2v) is 6.64. The quantitative estimate of drug-likeness (QED) is 0.492. The molecule has 1 aromatic rings. The van der Waals surface area contributed by atoms with E-state index in [4.69, 9.17) is 18.0 Å². The Labute approximate surface area is 135 Å². The third-order valence-corrected chi connectivity index (χ3v) is 4.92. The largest absolute Gasteiger partial charge is 0.369 e. The molecule has 114 valence electrons. The molecule has 1 amide bonds. The molecule has 1 aromatic carbocycles. The number of rotatable bonds is 5. The van der Waals surface area contributed by atoms with Crippen LogP contribution in [0.5, 0.6) is 0 Å². The summed E-state index contributed by atoms with van der Waals surface area (Å²) in [4.78, 5) is 14.6. The van der Waals surface area contributed by atoms with Crippen LogP contribution in [0, 0.1) is 5.92 Å². The highest BCUT2D eigenvalue weighted by molar-refractivity contribution is 7.99. The molecule has 1 heterocycles. The number of thiocarbonyl (C=S) groups is 1. The van der Waals surface area contributed by atoms with E-state index in [2.05, 4.69) is 22.3 Å². The van der Waals surface area contributed by atoms with E-state index >= 15 is 0 Å². The van der Waals surface area contributed by atoms with Crippen molar-refractivity contribution in [3.8, 4) is 0 Å². The third-order valence-electron chi connectivity index (χ3n) is 3.50. The number of carbonyl (C=O) groups is 1. The van der Waals surface area contributed by atoms with Crippen molar-refractivity contribution < 1.29 is 4.79 Å². The molecule has 0 aliphatic carbocycles. The lowest BCUT2D eigenvalue weighted by atomic mass is 9.98. The molecule has 0 aromatic heterocycles. The van der Waals surface area contributed by atoms with Crippen molar-refractivity contribution in [2.45, 2.75) is 17.7 Å². The lowest BCUT2D eigenvalue weighted by Crippen LogP contribution is -2.48. The van der Waals surface area contributed by atoms with Gasteiger partial charge in [-0.05, 0) is 37.2 Å². The van der Waals surface area contributed by atoms with Crippen molar-refractivity contribution in [2.75, 3.05) is 25.4 Å². The highest BCUT2D eigenvalue weighted by Gasteiger charge is 2.25. The molecule has 2 rings (SSSR count). The van der Waals surface area contributed by atoms with E-state index < -0.39 is 0 Å². The maximum absolute atomic E-state index is 11.3. The standard InChI is InChI=1S/C15H21N3OS2/c16-14(19)12-5-4-9-18(11-12)15(20)17-8-10-21-13-6-2-1-3-7-13/h1-3,6-7,12H,4-5,8-11H2,(H2,16,19)(H,17,20)/t12-/m1/s1. The van der Waals surface area contributed by atoms with Crippen LogP contribution in [-0.2, 0) is 4.79 Å². The number of amides is 1. The number of hydrogen-bond donors (Lipinski definition) is 2. The summed E-state index contributed by atoms with van der Waals surface area (Å²) in [7, 11) is 0. The van der Waals surface area contributed by atoms with Crippen molar-refractivity contribution in [1.82, 2.24) is 10.2 Å². The number of primary amides is 1. The minimum Gasteiger partial charge on any atom is -0.369 e. The molecule has 4 nitrogen and oxygen atoms in total. The van der Waals surface area contributed by atoms with Gasteiger partial charge in [-0.2, -0.15) is 0 Å². The predicted molar refractivity (Wildman–Crippen MR) is 91.3 cm³/mol. The first-order valence-electron chi connectivity index (χ1n) is 7.17. The molecule has 1 atom stereocenters. The first kappa shape index (κ1) is 16.1. The second-order valence-electron chi connectivity index (χ2n) is 5.08. The van der Waals surface area contributed by atoms with Crippen LogP contribution in [0.4, 0.5) is 0 Å². The number of hydrogen-bond acceptors (Lipinski definition) is 3. The summed E-state index contributed by atoms with van der Waals surface area (Å²) in [5.41, 5.74) is 5.38. The van der Waals surface area contributed by atoms with Crippen molar-refractivity contribution in [2.24, 2.45) is 11.7 Å². The van der Waals surface area contributed by atoms with E-state index in [-0.39, 0.29) is 11.8 Å². The fraction of sp³-hybridized carbons (Fsp3) is 0.467. The number of nitrogens with zero attached hydrogens (tertiary/aromatic N) is 1. The Balaban J connectivity index is 1.68. The molecule has 21 heavy (non-hydrogen) atoms. The minimum atomic E-state index is -0.220. The first-order valence-corrected chi connectivity index (χ1v) is 8.56. The number of benzene rings is 1. The Bertz CT molecular complexity index is 481. The van der Waals surface area contributed by atoms with Gasteiger partial charge in [0.05, 0.1) is 5.92 Å². The van der Waals surface area contributed by atoms with Gasteiger partial charge in [-0.15, -0.1) is 11.8 Å². The maximum atomic E-state index is 11.3. The summed E-state index contributed by atoms with van der Waals surface area (Å²) < 4.78 is 0. The van der Waals surface area contributed by atoms with Crippen molar-refractivity contribution in [3.63, 3.8) is 0 Å². The first-order chi connectivity index (χ1) is 10.2.